The third-order valence-electron chi connectivity index (χ3n) is 10.1. The largest absolute Gasteiger partial charge is 2.00 e. The molecule has 0 aliphatic rings. The first-order valence-corrected chi connectivity index (χ1v) is 17.0. The molecule has 252 valence electrons. The number of fused-ring (bicyclic) bond motifs is 12. The molecule has 10 rings (SSSR count). The summed E-state index contributed by atoms with van der Waals surface area (Å²) in [5, 5.41) is 4.79. The Labute approximate surface area is 313 Å². The molecule has 0 saturated carbocycles. The Morgan fingerprint density at radius 2 is 1.10 bits per heavy atom. The summed E-state index contributed by atoms with van der Waals surface area (Å²) in [6, 6.07) is 32.8. The summed E-state index contributed by atoms with van der Waals surface area (Å²) in [4.78, 5) is 18.7. The summed E-state index contributed by atoms with van der Waals surface area (Å²) in [5.41, 5.74) is 14.0. The first kappa shape index (κ1) is 32.0. The second-order valence-electron chi connectivity index (χ2n) is 13.2. The number of pyridine rings is 2. The SMILES string of the molecule is Cc1cccc(C)c1-c1cc(-c2c(C)cccc2C)c2c(c1)c1ccc(Oc3[c-]c4c(cc3)c3nccnc3n3ccnc43)[c-]c1c1nccn12.[Pt+2]. The number of rotatable bonds is 4. The molecule has 10 aromatic rings. The van der Waals surface area contributed by atoms with Crippen LogP contribution in [0.15, 0.2) is 110 Å². The van der Waals surface area contributed by atoms with E-state index < -0.39 is 0 Å². The number of imidazole rings is 2. The third kappa shape index (κ3) is 4.76. The fourth-order valence-electron chi connectivity index (χ4n) is 7.93. The fraction of sp³-hybridized carbons (Fsp3) is 0.0909. The van der Waals surface area contributed by atoms with E-state index in [-0.39, 0.29) is 21.1 Å². The first-order chi connectivity index (χ1) is 24.9. The Morgan fingerprint density at radius 3 is 1.79 bits per heavy atom. The van der Waals surface area contributed by atoms with Gasteiger partial charge in [-0.15, -0.1) is 12.1 Å². The van der Waals surface area contributed by atoms with Crippen molar-refractivity contribution in [3.8, 4) is 33.8 Å². The molecule has 8 heteroatoms. The molecule has 0 spiro atoms. The van der Waals surface area contributed by atoms with Gasteiger partial charge in [0, 0.05) is 59.8 Å². The Bertz CT molecular complexity index is 3030. The average Bonchev–Trinajstić information content (AvgIpc) is 3.83. The van der Waals surface area contributed by atoms with Crippen LogP contribution in [0.4, 0.5) is 0 Å². The van der Waals surface area contributed by atoms with Gasteiger partial charge in [0.1, 0.15) is 5.65 Å². The number of hydrogen-bond acceptors (Lipinski definition) is 5. The van der Waals surface area contributed by atoms with E-state index >= 15 is 0 Å². The van der Waals surface area contributed by atoms with E-state index in [1.807, 2.05) is 41.2 Å². The van der Waals surface area contributed by atoms with Gasteiger partial charge in [-0.1, -0.05) is 88.3 Å². The van der Waals surface area contributed by atoms with Crippen LogP contribution in [0.5, 0.6) is 11.5 Å². The number of benzene rings is 5. The van der Waals surface area contributed by atoms with E-state index in [0.717, 1.165) is 54.9 Å². The molecule has 5 aromatic carbocycles. The van der Waals surface area contributed by atoms with E-state index in [4.69, 9.17) is 9.72 Å². The van der Waals surface area contributed by atoms with Crippen LogP contribution in [-0.4, -0.2) is 28.7 Å². The Hall–Kier alpha value is -5.91. The molecule has 0 fully saturated rings. The van der Waals surface area contributed by atoms with Gasteiger partial charge in [-0.05, 0) is 78.1 Å². The van der Waals surface area contributed by atoms with Gasteiger partial charge in [0.2, 0.25) is 0 Å². The maximum Gasteiger partial charge on any atom is 2.00 e. The van der Waals surface area contributed by atoms with Gasteiger partial charge in [0.25, 0.3) is 0 Å². The molecule has 0 N–H and O–H groups in total. The van der Waals surface area contributed by atoms with Crippen molar-refractivity contribution < 1.29 is 25.8 Å². The summed E-state index contributed by atoms with van der Waals surface area (Å²) >= 11 is 0. The minimum Gasteiger partial charge on any atom is -0.497 e. The Balaban J connectivity index is 0.00000360. The Morgan fingerprint density at radius 1 is 0.538 bits per heavy atom. The fourth-order valence-corrected chi connectivity index (χ4v) is 7.93. The zero-order valence-electron chi connectivity index (χ0n) is 28.8. The van der Waals surface area contributed by atoms with Crippen molar-refractivity contribution in [2.75, 3.05) is 0 Å². The molecule has 0 atom stereocenters. The molecule has 0 aliphatic carbocycles. The molecule has 7 nitrogen and oxygen atoms in total. The topological polar surface area (TPSA) is 69.6 Å². The zero-order valence-corrected chi connectivity index (χ0v) is 31.1. The van der Waals surface area contributed by atoms with E-state index in [0.29, 0.717) is 11.5 Å². The van der Waals surface area contributed by atoms with E-state index in [9.17, 15) is 0 Å². The summed E-state index contributed by atoms with van der Waals surface area (Å²) in [6.45, 7) is 8.77. The van der Waals surface area contributed by atoms with Crippen LogP contribution in [0.25, 0.3) is 77.2 Å². The maximum atomic E-state index is 6.50. The van der Waals surface area contributed by atoms with Crippen LogP contribution in [0.1, 0.15) is 22.3 Å². The second-order valence-corrected chi connectivity index (χ2v) is 13.2. The maximum absolute atomic E-state index is 6.50. The van der Waals surface area contributed by atoms with Gasteiger partial charge in [-0.3, -0.25) is 15.0 Å². The van der Waals surface area contributed by atoms with Gasteiger partial charge in [0.15, 0.2) is 0 Å². The molecule has 0 bridgehead atoms. The smallest absolute Gasteiger partial charge is 0.497 e. The number of aryl methyl sites for hydroxylation is 4. The average molecular weight is 854 g/mol. The quantitative estimate of drug-likeness (QED) is 0.130. The predicted octanol–water partition coefficient (Wildman–Crippen LogP) is 10.3. The molecule has 52 heavy (non-hydrogen) atoms. The summed E-state index contributed by atoms with van der Waals surface area (Å²) in [7, 11) is 0. The second kappa shape index (κ2) is 12.1. The monoisotopic (exact) mass is 853 g/mol. The van der Waals surface area contributed by atoms with E-state index in [1.165, 1.54) is 44.5 Å². The van der Waals surface area contributed by atoms with Crippen LogP contribution >= 0.6 is 0 Å². The molecule has 0 unspecified atom stereocenters. The van der Waals surface area contributed by atoms with Crippen LogP contribution < -0.4 is 4.74 Å². The summed E-state index contributed by atoms with van der Waals surface area (Å²) < 4.78 is 10.6. The van der Waals surface area contributed by atoms with Crippen molar-refractivity contribution in [2.24, 2.45) is 0 Å². The number of nitrogens with zero attached hydrogens (tertiary/aromatic N) is 6. The van der Waals surface area contributed by atoms with Crippen molar-refractivity contribution in [1.82, 2.24) is 28.7 Å². The molecular formula is C44H30N6OPt. The zero-order chi connectivity index (χ0) is 34.4. The minimum absolute atomic E-state index is 0. The van der Waals surface area contributed by atoms with Crippen molar-refractivity contribution in [3.05, 3.63) is 144 Å². The van der Waals surface area contributed by atoms with Gasteiger partial charge in [-0.25, -0.2) is 4.98 Å². The molecule has 0 saturated heterocycles. The van der Waals surface area contributed by atoms with Crippen molar-refractivity contribution >= 4 is 54.9 Å². The van der Waals surface area contributed by atoms with Crippen LogP contribution in [0, 0.1) is 39.8 Å². The number of ether oxygens (including phenoxy) is 1. The molecule has 0 amide bonds. The summed E-state index contributed by atoms with van der Waals surface area (Å²) in [5.74, 6) is 1.13. The predicted molar refractivity (Wildman–Crippen MR) is 204 cm³/mol. The molecular weight excluding hydrogens is 824 g/mol. The number of aromatic nitrogens is 6. The van der Waals surface area contributed by atoms with E-state index in [1.54, 1.807) is 18.6 Å². The van der Waals surface area contributed by atoms with Crippen molar-refractivity contribution in [3.63, 3.8) is 0 Å². The molecule has 5 heterocycles. The van der Waals surface area contributed by atoms with Gasteiger partial charge >= 0.3 is 21.1 Å². The standard InChI is InChI=1S/C44H30N6O.Pt/c1-25-7-5-8-26(2)38(25)29-21-34-32-13-11-30(51-31-12-14-33-36(24-31)43-48-18-20-50(43)44-40(33)45-15-16-46-44)23-35(32)42-47-17-19-49(42)41(34)37(22-29)39-27(3)9-6-10-28(39)4;/h5-22H,1-4H3;/q-2;+2. The van der Waals surface area contributed by atoms with Crippen LogP contribution in [-0.2, 0) is 21.1 Å². The first-order valence-electron chi connectivity index (χ1n) is 17.0. The van der Waals surface area contributed by atoms with Crippen LogP contribution in [0.3, 0.4) is 0 Å². The molecule has 5 aromatic heterocycles. The minimum atomic E-state index is 0. The van der Waals surface area contributed by atoms with Crippen molar-refractivity contribution in [2.45, 2.75) is 27.7 Å². The van der Waals surface area contributed by atoms with Crippen molar-refractivity contribution in [1.29, 1.82) is 0 Å². The third-order valence-corrected chi connectivity index (χ3v) is 10.1. The summed E-state index contributed by atoms with van der Waals surface area (Å²) in [6.07, 6.45) is 11.0. The van der Waals surface area contributed by atoms with E-state index in [2.05, 4.69) is 114 Å². The normalized spacial score (nSPS) is 11.7. The number of hydrogen-bond donors (Lipinski definition) is 0. The molecule has 0 aliphatic heterocycles. The van der Waals surface area contributed by atoms with Gasteiger partial charge in [-0.2, -0.15) is 0 Å². The Kier molecular flexibility index (Phi) is 7.46. The van der Waals surface area contributed by atoms with Gasteiger partial charge in [0.05, 0.1) is 16.8 Å². The van der Waals surface area contributed by atoms with Gasteiger partial charge < -0.3 is 13.5 Å². The van der Waals surface area contributed by atoms with Crippen LogP contribution in [0.2, 0.25) is 0 Å². The molecule has 0 radical (unpaired) electrons.